The predicted molar refractivity (Wildman–Crippen MR) is 62.0 cm³/mol. The molecule has 2 nitrogen and oxygen atoms in total. The van der Waals surface area contributed by atoms with Gasteiger partial charge in [0.25, 0.3) is 0 Å². The van der Waals surface area contributed by atoms with Crippen LogP contribution in [0.3, 0.4) is 0 Å². The molecule has 0 aliphatic carbocycles. The van der Waals surface area contributed by atoms with E-state index in [1.807, 2.05) is 0 Å². The summed E-state index contributed by atoms with van der Waals surface area (Å²) in [6, 6.07) is 4.16. The van der Waals surface area contributed by atoms with E-state index in [0.29, 0.717) is 5.92 Å². The maximum Gasteiger partial charge on any atom is 0.123 e. The van der Waals surface area contributed by atoms with Crippen LogP contribution in [-0.2, 0) is 6.42 Å². The summed E-state index contributed by atoms with van der Waals surface area (Å²) in [4.78, 5) is 0. The second-order valence-electron chi connectivity index (χ2n) is 4.52. The van der Waals surface area contributed by atoms with Crippen molar-refractivity contribution in [3.05, 3.63) is 29.6 Å². The lowest BCUT2D eigenvalue weighted by atomic mass is 9.92. The minimum atomic E-state index is -0.269. The maximum absolute atomic E-state index is 13.0. The molecule has 0 saturated carbocycles. The number of phenolic OH excluding ortho intramolecular Hbond substituents is 1. The monoisotopic (exact) mass is 223 g/mol. The second-order valence-corrected chi connectivity index (χ2v) is 4.52. The number of piperidine rings is 1. The van der Waals surface area contributed by atoms with Gasteiger partial charge in [-0.05, 0) is 68.5 Å². The van der Waals surface area contributed by atoms with Crippen molar-refractivity contribution in [2.24, 2.45) is 5.92 Å². The number of rotatable bonds is 3. The minimum absolute atomic E-state index is 0.213. The molecular formula is C13H18FNO. The fourth-order valence-corrected chi connectivity index (χ4v) is 2.28. The first-order valence-electron chi connectivity index (χ1n) is 5.94. The average Bonchev–Trinajstić information content (AvgIpc) is 2.32. The normalized spacial score (nSPS) is 20.9. The third-order valence-corrected chi connectivity index (χ3v) is 3.26. The molecule has 1 aliphatic heterocycles. The van der Waals surface area contributed by atoms with Crippen LogP contribution in [0.15, 0.2) is 18.2 Å². The van der Waals surface area contributed by atoms with E-state index in [1.54, 1.807) is 0 Å². The van der Waals surface area contributed by atoms with Gasteiger partial charge in [0.15, 0.2) is 0 Å². The van der Waals surface area contributed by atoms with Gasteiger partial charge in [-0.3, -0.25) is 0 Å². The van der Waals surface area contributed by atoms with Crippen LogP contribution >= 0.6 is 0 Å². The molecule has 3 heteroatoms. The summed E-state index contributed by atoms with van der Waals surface area (Å²) in [6.45, 7) is 2.16. The van der Waals surface area contributed by atoms with Gasteiger partial charge in [0.1, 0.15) is 11.6 Å². The first kappa shape index (κ1) is 11.4. The van der Waals surface area contributed by atoms with Crippen molar-refractivity contribution in [1.29, 1.82) is 0 Å². The van der Waals surface area contributed by atoms with Crippen molar-refractivity contribution >= 4 is 0 Å². The molecule has 1 atom stereocenters. The van der Waals surface area contributed by atoms with Crippen LogP contribution in [-0.4, -0.2) is 18.2 Å². The molecule has 0 spiro atoms. The fraction of sp³-hybridized carbons (Fsp3) is 0.538. The predicted octanol–water partition coefficient (Wildman–Crippen LogP) is 2.46. The highest BCUT2D eigenvalue weighted by Crippen LogP contribution is 2.23. The van der Waals surface area contributed by atoms with E-state index in [1.165, 1.54) is 31.0 Å². The molecule has 88 valence electrons. The van der Waals surface area contributed by atoms with E-state index in [-0.39, 0.29) is 11.6 Å². The number of hydrogen-bond donors (Lipinski definition) is 2. The summed E-state index contributed by atoms with van der Waals surface area (Å²) in [7, 11) is 0. The highest BCUT2D eigenvalue weighted by atomic mass is 19.1. The van der Waals surface area contributed by atoms with Crippen LogP contribution in [0.2, 0.25) is 0 Å². The SMILES string of the molecule is Oc1ccc(F)cc1CCC1CCCNC1. The van der Waals surface area contributed by atoms with Crippen LogP contribution in [0.25, 0.3) is 0 Å². The average molecular weight is 223 g/mol. The third kappa shape index (κ3) is 2.95. The number of phenols is 1. The van der Waals surface area contributed by atoms with E-state index in [0.717, 1.165) is 31.5 Å². The summed E-state index contributed by atoms with van der Waals surface area (Å²) < 4.78 is 13.0. The van der Waals surface area contributed by atoms with Gasteiger partial charge in [-0.2, -0.15) is 0 Å². The third-order valence-electron chi connectivity index (χ3n) is 3.26. The van der Waals surface area contributed by atoms with E-state index in [4.69, 9.17) is 0 Å². The fourth-order valence-electron chi connectivity index (χ4n) is 2.28. The number of benzene rings is 1. The Kier molecular flexibility index (Phi) is 3.78. The minimum Gasteiger partial charge on any atom is -0.508 e. The first-order valence-corrected chi connectivity index (χ1v) is 5.94. The van der Waals surface area contributed by atoms with Gasteiger partial charge in [0.2, 0.25) is 0 Å². The molecule has 0 aromatic heterocycles. The van der Waals surface area contributed by atoms with E-state index >= 15 is 0 Å². The molecule has 1 saturated heterocycles. The van der Waals surface area contributed by atoms with E-state index in [2.05, 4.69) is 5.32 Å². The summed E-state index contributed by atoms with van der Waals surface area (Å²) in [5, 5.41) is 12.9. The largest absolute Gasteiger partial charge is 0.508 e. The summed E-state index contributed by atoms with van der Waals surface area (Å²) in [5.74, 6) is 0.608. The Bertz CT molecular complexity index is 348. The number of aromatic hydroxyl groups is 1. The highest BCUT2D eigenvalue weighted by molar-refractivity contribution is 5.32. The van der Waals surface area contributed by atoms with E-state index < -0.39 is 0 Å². The van der Waals surface area contributed by atoms with Gasteiger partial charge < -0.3 is 10.4 Å². The zero-order chi connectivity index (χ0) is 11.4. The first-order chi connectivity index (χ1) is 7.75. The molecule has 1 unspecified atom stereocenters. The van der Waals surface area contributed by atoms with Crippen LogP contribution in [0.5, 0.6) is 5.75 Å². The molecule has 1 aromatic carbocycles. The molecule has 2 N–H and O–H groups in total. The molecule has 1 aliphatic rings. The number of halogens is 1. The van der Waals surface area contributed by atoms with Crippen LogP contribution < -0.4 is 5.32 Å². The Hall–Kier alpha value is -1.09. The molecule has 1 heterocycles. The van der Waals surface area contributed by atoms with Crippen molar-refractivity contribution in [3.63, 3.8) is 0 Å². The molecule has 1 aromatic rings. The number of hydrogen-bond acceptors (Lipinski definition) is 2. The van der Waals surface area contributed by atoms with Crippen LogP contribution in [0, 0.1) is 11.7 Å². The van der Waals surface area contributed by atoms with Gasteiger partial charge in [-0.25, -0.2) is 4.39 Å². The Balaban J connectivity index is 1.90. The number of aryl methyl sites for hydroxylation is 1. The Labute approximate surface area is 95.5 Å². The summed E-state index contributed by atoms with van der Waals surface area (Å²) in [6.07, 6.45) is 4.24. The molecule has 16 heavy (non-hydrogen) atoms. The lowest BCUT2D eigenvalue weighted by Gasteiger charge is -2.22. The molecular weight excluding hydrogens is 205 g/mol. The zero-order valence-corrected chi connectivity index (χ0v) is 9.38. The Morgan fingerprint density at radius 3 is 3.06 bits per heavy atom. The molecule has 0 bridgehead atoms. The van der Waals surface area contributed by atoms with E-state index in [9.17, 15) is 9.50 Å². The highest BCUT2D eigenvalue weighted by Gasteiger charge is 2.13. The lowest BCUT2D eigenvalue weighted by Crippen LogP contribution is -2.29. The molecule has 0 radical (unpaired) electrons. The molecule has 1 fully saturated rings. The van der Waals surface area contributed by atoms with Gasteiger partial charge in [0.05, 0.1) is 0 Å². The van der Waals surface area contributed by atoms with Crippen molar-refractivity contribution in [3.8, 4) is 5.75 Å². The standard InChI is InChI=1S/C13H18FNO/c14-12-5-6-13(16)11(8-12)4-3-10-2-1-7-15-9-10/h5-6,8,10,15-16H,1-4,7,9H2. The lowest BCUT2D eigenvalue weighted by molar-refractivity contribution is 0.356. The molecule has 2 rings (SSSR count). The van der Waals surface area contributed by atoms with Gasteiger partial charge in [-0.1, -0.05) is 0 Å². The van der Waals surface area contributed by atoms with Crippen LogP contribution in [0.4, 0.5) is 4.39 Å². The zero-order valence-electron chi connectivity index (χ0n) is 9.38. The topological polar surface area (TPSA) is 32.3 Å². The van der Waals surface area contributed by atoms with Crippen molar-refractivity contribution in [2.75, 3.05) is 13.1 Å². The quantitative estimate of drug-likeness (QED) is 0.825. The van der Waals surface area contributed by atoms with Gasteiger partial charge >= 0.3 is 0 Å². The summed E-state index contributed by atoms with van der Waals surface area (Å²) in [5.41, 5.74) is 0.727. The summed E-state index contributed by atoms with van der Waals surface area (Å²) >= 11 is 0. The van der Waals surface area contributed by atoms with Gasteiger partial charge in [-0.15, -0.1) is 0 Å². The maximum atomic E-state index is 13.0. The van der Waals surface area contributed by atoms with Crippen molar-refractivity contribution < 1.29 is 9.50 Å². The Morgan fingerprint density at radius 1 is 1.44 bits per heavy atom. The smallest absolute Gasteiger partial charge is 0.123 e. The van der Waals surface area contributed by atoms with Crippen LogP contribution in [0.1, 0.15) is 24.8 Å². The number of nitrogens with one attached hydrogen (secondary N) is 1. The van der Waals surface area contributed by atoms with Crippen molar-refractivity contribution in [1.82, 2.24) is 5.32 Å². The molecule has 0 amide bonds. The second kappa shape index (κ2) is 5.30. The Morgan fingerprint density at radius 2 is 2.31 bits per heavy atom. The van der Waals surface area contributed by atoms with Gasteiger partial charge in [0, 0.05) is 0 Å². The van der Waals surface area contributed by atoms with Crippen molar-refractivity contribution in [2.45, 2.75) is 25.7 Å².